The summed E-state index contributed by atoms with van der Waals surface area (Å²) in [4.78, 5) is 0. The quantitative estimate of drug-likeness (QED) is 0.421. The molecule has 1 aliphatic carbocycles. The van der Waals surface area contributed by atoms with Gasteiger partial charge < -0.3 is 14.2 Å². The topological polar surface area (TPSA) is 27.7 Å². The molecule has 2 fully saturated rings. The van der Waals surface area contributed by atoms with Gasteiger partial charge in [-0.2, -0.15) is 0 Å². The molecule has 30 heavy (non-hydrogen) atoms. The number of rotatable bonds is 8. The standard InChI is InChI=1S/C27H42O3/c1-7-9-23(16-21(2)22-10-14-25(3,4)15-11-22)24-17-26(19-28-5)12-8-13-27(18-24,30-26)20-29-6/h7,9-10,16,24H,2,8,11-15,17-20H2,1,3-6H3/b9-7-,23-16+/t24-,26+,27-. The minimum Gasteiger partial charge on any atom is -0.382 e. The molecule has 3 rings (SSSR count). The van der Waals surface area contributed by atoms with Gasteiger partial charge in [-0.25, -0.2) is 0 Å². The third-order valence-corrected chi connectivity index (χ3v) is 7.31. The summed E-state index contributed by atoms with van der Waals surface area (Å²) in [5.41, 5.74) is 3.98. The van der Waals surface area contributed by atoms with Gasteiger partial charge in [0.05, 0.1) is 24.4 Å². The van der Waals surface area contributed by atoms with E-state index in [1.807, 2.05) is 0 Å². The molecule has 0 aromatic carbocycles. The fourth-order valence-electron chi connectivity index (χ4n) is 5.79. The van der Waals surface area contributed by atoms with Crippen molar-refractivity contribution in [3.8, 4) is 0 Å². The van der Waals surface area contributed by atoms with E-state index in [2.05, 4.69) is 51.7 Å². The second kappa shape index (κ2) is 9.54. The molecule has 0 saturated carbocycles. The van der Waals surface area contributed by atoms with Crippen LogP contribution in [0.4, 0.5) is 0 Å². The van der Waals surface area contributed by atoms with Crippen LogP contribution in [0, 0.1) is 11.3 Å². The molecule has 0 radical (unpaired) electrons. The highest BCUT2D eigenvalue weighted by Gasteiger charge is 2.52. The van der Waals surface area contributed by atoms with E-state index in [4.69, 9.17) is 14.2 Å². The van der Waals surface area contributed by atoms with Gasteiger partial charge in [-0.1, -0.05) is 44.7 Å². The second-order valence-corrected chi connectivity index (χ2v) is 10.6. The highest BCUT2D eigenvalue weighted by molar-refractivity contribution is 5.43. The van der Waals surface area contributed by atoms with E-state index in [1.165, 1.54) is 29.6 Å². The monoisotopic (exact) mass is 414 g/mol. The maximum absolute atomic E-state index is 6.75. The Morgan fingerprint density at radius 2 is 1.77 bits per heavy atom. The summed E-state index contributed by atoms with van der Waals surface area (Å²) in [5.74, 6) is 0.429. The number of allylic oxidation sites excluding steroid dienone is 7. The molecule has 3 nitrogen and oxygen atoms in total. The Balaban J connectivity index is 1.88. The first-order valence-corrected chi connectivity index (χ1v) is 11.7. The average Bonchev–Trinajstić information content (AvgIpc) is 2.67. The summed E-state index contributed by atoms with van der Waals surface area (Å²) in [6.45, 7) is 12.6. The van der Waals surface area contributed by atoms with E-state index < -0.39 is 0 Å². The third-order valence-electron chi connectivity index (χ3n) is 7.31. The van der Waals surface area contributed by atoms with Crippen LogP contribution in [0.15, 0.2) is 47.6 Å². The van der Waals surface area contributed by atoms with Crippen molar-refractivity contribution >= 4 is 0 Å². The first-order valence-electron chi connectivity index (χ1n) is 11.7. The lowest BCUT2D eigenvalue weighted by Gasteiger charge is -2.54. The van der Waals surface area contributed by atoms with Crippen LogP contribution >= 0.6 is 0 Å². The Morgan fingerprint density at radius 1 is 1.13 bits per heavy atom. The summed E-state index contributed by atoms with van der Waals surface area (Å²) < 4.78 is 18.0. The zero-order chi connectivity index (χ0) is 21.8. The molecule has 2 saturated heterocycles. The van der Waals surface area contributed by atoms with Crippen LogP contribution in [0.25, 0.3) is 0 Å². The van der Waals surface area contributed by atoms with E-state index >= 15 is 0 Å². The second-order valence-electron chi connectivity index (χ2n) is 10.6. The van der Waals surface area contributed by atoms with Gasteiger partial charge in [-0.15, -0.1) is 0 Å². The van der Waals surface area contributed by atoms with Gasteiger partial charge in [0.1, 0.15) is 0 Å². The summed E-state index contributed by atoms with van der Waals surface area (Å²) in [6, 6.07) is 0. The van der Waals surface area contributed by atoms with Gasteiger partial charge in [0, 0.05) is 14.2 Å². The Bertz CT molecular complexity index is 684. The van der Waals surface area contributed by atoms with Gasteiger partial charge in [0.25, 0.3) is 0 Å². The zero-order valence-electron chi connectivity index (χ0n) is 19.9. The molecule has 0 aromatic rings. The van der Waals surface area contributed by atoms with E-state index in [1.54, 1.807) is 14.2 Å². The first-order chi connectivity index (χ1) is 14.3. The summed E-state index contributed by atoms with van der Waals surface area (Å²) in [7, 11) is 3.58. The smallest absolute Gasteiger partial charge is 0.0929 e. The van der Waals surface area contributed by atoms with Crippen molar-refractivity contribution in [2.24, 2.45) is 11.3 Å². The largest absolute Gasteiger partial charge is 0.382 e. The minimum absolute atomic E-state index is 0.204. The molecule has 3 heteroatoms. The van der Waals surface area contributed by atoms with Crippen molar-refractivity contribution in [2.45, 2.75) is 83.3 Å². The number of fused-ring (bicyclic) bond motifs is 2. The van der Waals surface area contributed by atoms with Crippen LogP contribution in [-0.2, 0) is 14.2 Å². The molecule has 2 bridgehead atoms. The summed E-state index contributed by atoms with van der Waals surface area (Å²) in [6.07, 6.45) is 18.0. The predicted octanol–water partition coefficient (Wildman–Crippen LogP) is 6.56. The van der Waals surface area contributed by atoms with Crippen LogP contribution in [0.5, 0.6) is 0 Å². The lowest BCUT2D eigenvalue weighted by molar-refractivity contribution is -0.258. The molecule has 2 aliphatic heterocycles. The van der Waals surface area contributed by atoms with Crippen molar-refractivity contribution < 1.29 is 14.2 Å². The summed E-state index contributed by atoms with van der Waals surface area (Å²) >= 11 is 0. The van der Waals surface area contributed by atoms with Crippen LogP contribution in [-0.4, -0.2) is 38.6 Å². The SMILES string of the molecule is C=C(/C=C(\C=C/C)[C@H]1C[C@@]2(COC)CCC[C@@](COC)(C1)O2)C1=CCC(C)(C)CC1. The molecule has 0 aromatic heterocycles. The average molecular weight is 415 g/mol. The van der Waals surface area contributed by atoms with E-state index in [-0.39, 0.29) is 11.2 Å². The maximum atomic E-state index is 6.75. The lowest BCUT2D eigenvalue weighted by Crippen LogP contribution is -2.58. The number of methoxy groups -OCH3 is 2. The maximum Gasteiger partial charge on any atom is 0.0929 e. The fraction of sp³-hybridized carbons (Fsp3) is 0.704. The molecule has 0 spiro atoms. The van der Waals surface area contributed by atoms with Crippen molar-refractivity contribution in [3.63, 3.8) is 0 Å². The summed E-state index contributed by atoms with van der Waals surface area (Å²) in [5, 5.41) is 0. The van der Waals surface area contributed by atoms with Crippen molar-refractivity contribution in [3.05, 3.63) is 47.6 Å². The predicted molar refractivity (Wildman–Crippen MR) is 125 cm³/mol. The Hall–Kier alpha value is -1.16. The minimum atomic E-state index is -0.204. The highest BCUT2D eigenvalue weighted by atomic mass is 16.6. The van der Waals surface area contributed by atoms with E-state index in [0.29, 0.717) is 24.5 Å². The molecule has 0 N–H and O–H groups in total. The van der Waals surface area contributed by atoms with Gasteiger partial charge >= 0.3 is 0 Å². The Morgan fingerprint density at radius 3 is 2.27 bits per heavy atom. The number of hydrogen-bond acceptors (Lipinski definition) is 3. The molecule has 3 aliphatic rings. The van der Waals surface area contributed by atoms with Crippen LogP contribution < -0.4 is 0 Å². The van der Waals surface area contributed by atoms with Gasteiger partial charge in [0.15, 0.2) is 0 Å². The van der Waals surface area contributed by atoms with Crippen LogP contribution in [0.3, 0.4) is 0 Å². The van der Waals surface area contributed by atoms with Gasteiger partial charge in [0.2, 0.25) is 0 Å². The van der Waals surface area contributed by atoms with Crippen LogP contribution in [0.1, 0.15) is 72.1 Å². The van der Waals surface area contributed by atoms with E-state index in [9.17, 15) is 0 Å². The molecular weight excluding hydrogens is 372 g/mol. The number of ether oxygens (including phenoxy) is 3. The lowest BCUT2D eigenvalue weighted by atomic mass is 9.68. The van der Waals surface area contributed by atoms with Crippen molar-refractivity contribution in [1.82, 2.24) is 0 Å². The molecular formula is C27H42O3. The Kier molecular flexibility index (Phi) is 7.48. The first kappa shape index (κ1) is 23.5. The highest BCUT2D eigenvalue weighted by Crippen LogP contribution is 2.50. The van der Waals surface area contributed by atoms with Crippen molar-refractivity contribution in [1.29, 1.82) is 0 Å². The third kappa shape index (κ3) is 5.36. The molecule has 0 amide bonds. The normalized spacial score (nSPS) is 34.1. The zero-order valence-corrected chi connectivity index (χ0v) is 19.9. The van der Waals surface area contributed by atoms with Crippen molar-refractivity contribution in [2.75, 3.05) is 27.4 Å². The van der Waals surface area contributed by atoms with Crippen LogP contribution in [0.2, 0.25) is 0 Å². The van der Waals surface area contributed by atoms with Gasteiger partial charge in [-0.05, 0) is 86.3 Å². The van der Waals surface area contributed by atoms with E-state index in [0.717, 1.165) is 38.5 Å². The molecule has 3 atom stereocenters. The molecule has 168 valence electrons. The Labute approximate surface area is 184 Å². The van der Waals surface area contributed by atoms with Gasteiger partial charge in [-0.3, -0.25) is 0 Å². The molecule has 2 heterocycles. The number of hydrogen-bond donors (Lipinski definition) is 0. The molecule has 0 unspecified atom stereocenters. The fourth-order valence-corrected chi connectivity index (χ4v) is 5.79.